The summed E-state index contributed by atoms with van der Waals surface area (Å²) in [4.78, 5) is 11.1. The fraction of sp³-hybridized carbons (Fsp3) is 0.278. The second-order valence-electron chi connectivity index (χ2n) is 5.94. The van der Waals surface area contributed by atoms with Gasteiger partial charge in [0.15, 0.2) is 0 Å². The van der Waals surface area contributed by atoms with Crippen LogP contribution in [0.2, 0.25) is 0 Å². The van der Waals surface area contributed by atoms with Crippen molar-refractivity contribution in [3.8, 4) is 0 Å². The van der Waals surface area contributed by atoms with Crippen LogP contribution in [0.3, 0.4) is 0 Å². The Labute approximate surface area is 143 Å². The molecule has 0 radical (unpaired) electrons. The Balaban J connectivity index is 2.34. The summed E-state index contributed by atoms with van der Waals surface area (Å²) < 4.78 is 29.3. The van der Waals surface area contributed by atoms with Crippen LogP contribution in [-0.4, -0.2) is 14.3 Å². The lowest BCUT2D eigenvalue weighted by molar-refractivity contribution is -0.114. The minimum absolute atomic E-state index is 0.0922. The van der Waals surface area contributed by atoms with Gasteiger partial charge < -0.3 is 10.0 Å². The molecule has 0 unspecified atom stereocenters. The maximum atomic E-state index is 12.6. The number of amides is 1. The van der Waals surface area contributed by atoms with Gasteiger partial charge in [0.1, 0.15) is 10.0 Å². The SMILES string of the molecule is CC(=O)Nc1ccc(S(=O)(=O)[N-]c2c(C)cccc2C(C)C)cc1. The van der Waals surface area contributed by atoms with Gasteiger partial charge in [0.2, 0.25) is 5.91 Å². The zero-order valence-electron chi connectivity index (χ0n) is 14.2. The zero-order valence-corrected chi connectivity index (χ0v) is 15.0. The van der Waals surface area contributed by atoms with Gasteiger partial charge in [-0.2, -0.15) is 0 Å². The second kappa shape index (κ2) is 7.05. The molecule has 0 saturated carbocycles. The summed E-state index contributed by atoms with van der Waals surface area (Å²) in [6, 6.07) is 11.6. The highest BCUT2D eigenvalue weighted by Gasteiger charge is 2.09. The Hall–Kier alpha value is -2.34. The number of carbonyl (C=O) groups is 1. The highest BCUT2D eigenvalue weighted by atomic mass is 32.2. The van der Waals surface area contributed by atoms with E-state index in [1.54, 1.807) is 12.1 Å². The quantitative estimate of drug-likeness (QED) is 0.868. The van der Waals surface area contributed by atoms with E-state index < -0.39 is 10.0 Å². The van der Waals surface area contributed by atoms with Gasteiger partial charge >= 0.3 is 0 Å². The Bertz CT molecular complexity index is 841. The van der Waals surface area contributed by atoms with Gasteiger partial charge in [0.05, 0.1) is 4.90 Å². The number of anilines is 1. The summed E-state index contributed by atoms with van der Waals surface area (Å²) in [5.41, 5.74) is 2.76. The van der Waals surface area contributed by atoms with Crippen molar-refractivity contribution in [2.45, 2.75) is 38.5 Å². The van der Waals surface area contributed by atoms with Gasteiger partial charge in [-0.25, -0.2) is 8.42 Å². The molecule has 0 bridgehead atoms. The minimum Gasteiger partial charge on any atom is -0.572 e. The first-order chi connectivity index (χ1) is 11.2. The number of benzene rings is 2. The van der Waals surface area contributed by atoms with Crippen LogP contribution in [-0.2, 0) is 14.8 Å². The number of hydrogen-bond donors (Lipinski definition) is 1. The van der Waals surface area contributed by atoms with Crippen molar-refractivity contribution in [1.82, 2.24) is 0 Å². The number of rotatable bonds is 5. The average Bonchev–Trinajstić information content (AvgIpc) is 2.49. The average molecular weight is 345 g/mol. The Morgan fingerprint density at radius 2 is 1.71 bits per heavy atom. The van der Waals surface area contributed by atoms with Crippen molar-refractivity contribution in [3.63, 3.8) is 0 Å². The molecular formula is C18H21N2O3S-. The number of aryl methyl sites for hydroxylation is 1. The molecule has 5 nitrogen and oxygen atoms in total. The van der Waals surface area contributed by atoms with Gasteiger partial charge in [-0.3, -0.25) is 4.79 Å². The van der Waals surface area contributed by atoms with E-state index in [4.69, 9.17) is 0 Å². The molecule has 6 heteroatoms. The molecule has 2 rings (SSSR count). The largest absolute Gasteiger partial charge is 0.572 e. The van der Waals surface area contributed by atoms with E-state index in [9.17, 15) is 13.2 Å². The normalized spacial score (nSPS) is 11.4. The first kappa shape index (κ1) is 18.0. The molecule has 0 spiro atoms. The number of nitrogens with one attached hydrogen (secondary N) is 1. The van der Waals surface area contributed by atoms with Crippen LogP contribution in [0.1, 0.15) is 37.8 Å². The molecule has 0 aliphatic rings. The summed E-state index contributed by atoms with van der Waals surface area (Å²) in [6.07, 6.45) is 0. The van der Waals surface area contributed by atoms with Crippen LogP contribution in [0.25, 0.3) is 4.72 Å². The number of hydrogen-bond acceptors (Lipinski definition) is 3. The second-order valence-corrected chi connectivity index (χ2v) is 7.54. The first-order valence-electron chi connectivity index (χ1n) is 7.66. The van der Waals surface area contributed by atoms with Crippen molar-refractivity contribution < 1.29 is 13.2 Å². The molecule has 0 heterocycles. The summed E-state index contributed by atoms with van der Waals surface area (Å²) >= 11 is 0. The van der Waals surface area contributed by atoms with E-state index in [0.717, 1.165) is 11.1 Å². The lowest BCUT2D eigenvalue weighted by Crippen LogP contribution is -2.06. The fourth-order valence-corrected chi connectivity index (χ4v) is 3.43. The topological polar surface area (TPSA) is 77.3 Å². The molecule has 0 aliphatic heterocycles. The molecule has 128 valence electrons. The Morgan fingerprint density at radius 3 is 2.25 bits per heavy atom. The highest BCUT2D eigenvalue weighted by molar-refractivity contribution is 7.94. The third-order valence-corrected chi connectivity index (χ3v) is 4.87. The molecule has 2 aromatic carbocycles. The molecule has 0 aliphatic carbocycles. The third kappa shape index (κ3) is 4.14. The van der Waals surface area contributed by atoms with Gasteiger partial charge in [-0.05, 0) is 37.1 Å². The summed E-state index contributed by atoms with van der Waals surface area (Å²) in [5, 5.41) is 2.60. The van der Waals surface area contributed by atoms with Crippen LogP contribution >= 0.6 is 0 Å². The molecule has 1 amide bonds. The summed E-state index contributed by atoms with van der Waals surface area (Å²) in [7, 11) is -3.82. The smallest absolute Gasteiger partial charge is 0.221 e. The Kier molecular flexibility index (Phi) is 5.29. The summed E-state index contributed by atoms with van der Waals surface area (Å²) in [6.45, 7) is 7.25. The molecule has 2 aromatic rings. The highest BCUT2D eigenvalue weighted by Crippen LogP contribution is 2.37. The van der Waals surface area contributed by atoms with Crippen LogP contribution in [0, 0.1) is 6.92 Å². The van der Waals surface area contributed by atoms with Crippen LogP contribution in [0.15, 0.2) is 47.4 Å². The molecule has 0 aromatic heterocycles. The van der Waals surface area contributed by atoms with Crippen molar-refractivity contribution in [3.05, 3.63) is 58.3 Å². The van der Waals surface area contributed by atoms with E-state index >= 15 is 0 Å². The molecule has 1 N–H and O–H groups in total. The van der Waals surface area contributed by atoms with Crippen molar-refractivity contribution >= 4 is 27.3 Å². The van der Waals surface area contributed by atoms with E-state index in [2.05, 4.69) is 10.0 Å². The maximum Gasteiger partial charge on any atom is 0.221 e. The molecule has 0 saturated heterocycles. The lowest BCUT2D eigenvalue weighted by Gasteiger charge is -2.29. The minimum atomic E-state index is -3.82. The first-order valence-corrected chi connectivity index (χ1v) is 9.10. The zero-order chi connectivity index (χ0) is 17.9. The third-order valence-electron chi connectivity index (χ3n) is 3.57. The predicted molar refractivity (Wildman–Crippen MR) is 96.2 cm³/mol. The van der Waals surface area contributed by atoms with E-state index in [1.165, 1.54) is 19.1 Å². The standard InChI is InChI=1S/C18H21N2O3S/c1-12(2)17-7-5-6-13(3)18(17)20-24(22,23)16-10-8-15(9-11-16)19-14(4)21/h5-12H,1-4H3,(H,19,21)/q-1. The fourth-order valence-electron chi connectivity index (χ4n) is 2.36. The van der Waals surface area contributed by atoms with Crippen LogP contribution < -0.4 is 5.32 Å². The van der Waals surface area contributed by atoms with E-state index in [-0.39, 0.29) is 16.7 Å². The van der Waals surface area contributed by atoms with Crippen molar-refractivity contribution in [2.24, 2.45) is 0 Å². The van der Waals surface area contributed by atoms with Crippen molar-refractivity contribution in [2.75, 3.05) is 5.32 Å². The predicted octanol–water partition coefficient (Wildman–Crippen LogP) is 4.47. The number of nitrogens with zero attached hydrogens (tertiary/aromatic N) is 1. The molecule has 0 fully saturated rings. The molecular weight excluding hydrogens is 324 g/mol. The summed E-state index contributed by atoms with van der Waals surface area (Å²) in [5.74, 6) is -0.0437. The lowest BCUT2D eigenvalue weighted by atomic mass is 9.99. The number of carbonyl (C=O) groups excluding carboxylic acids is 1. The van der Waals surface area contributed by atoms with Gasteiger partial charge in [0, 0.05) is 12.6 Å². The van der Waals surface area contributed by atoms with Gasteiger partial charge in [0.25, 0.3) is 0 Å². The monoisotopic (exact) mass is 345 g/mol. The van der Waals surface area contributed by atoms with Gasteiger partial charge in [-0.1, -0.05) is 43.2 Å². The Morgan fingerprint density at radius 1 is 1.08 bits per heavy atom. The van der Waals surface area contributed by atoms with E-state index in [1.807, 2.05) is 39.0 Å². The van der Waals surface area contributed by atoms with Crippen LogP contribution in [0.5, 0.6) is 0 Å². The molecule has 0 atom stereocenters. The van der Waals surface area contributed by atoms with Crippen LogP contribution in [0.4, 0.5) is 11.4 Å². The van der Waals surface area contributed by atoms with Crippen molar-refractivity contribution in [1.29, 1.82) is 0 Å². The number of sulfonamides is 1. The van der Waals surface area contributed by atoms with E-state index in [0.29, 0.717) is 11.4 Å². The van der Waals surface area contributed by atoms with Gasteiger partial charge in [-0.15, -0.1) is 5.69 Å². The maximum absolute atomic E-state index is 12.6. The molecule has 24 heavy (non-hydrogen) atoms.